The van der Waals surface area contributed by atoms with Crippen molar-refractivity contribution in [2.24, 2.45) is 0 Å². The molecule has 0 aliphatic carbocycles. The van der Waals surface area contributed by atoms with Gasteiger partial charge in [-0.25, -0.2) is 4.79 Å². The summed E-state index contributed by atoms with van der Waals surface area (Å²) >= 11 is 6.55. The third-order valence-corrected chi connectivity index (χ3v) is 5.29. The van der Waals surface area contributed by atoms with Gasteiger partial charge in [-0.2, -0.15) is 0 Å². The Hall–Kier alpha value is -3.15. The monoisotopic (exact) mass is 404 g/mol. The first-order chi connectivity index (χ1) is 14.2. The van der Waals surface area contributed by atoms with E-state index in [0.29, 0.717) is 36.2 Å². The van der Waals surface area contributed by atoms with E-state index in [1.165, 1.54) is 6.07 Å². The molecular formula is C23H17ClN2O3. The molecule has 0 amide bonds. The maximum Gasteiger partial charge on any atom is 0.336 e. The molecule has 0 spiro atoms. The van der Waals surface area contributed by atoms with E-state index >= 15 is 0 Å². The van der Waals surface area contributed by atoms with Crippen LogP contribution in [0.2, 0.25) is 5.02 Å². The fourth-order valence-corrected chi connectivity index (χ4v) is 3.99. The molecule has 0 saturated heterocycles. The van der Waals surface area contributed by atoms with Gasteiger partial charge in [-0.05, 0) is 29.3 Å². The van der Waals surface area contributed by atoms with Crippen LogP contribution in [0.1, 0.15) is 11.3 Å². The van der Waals surface area contributed by atoms with E-state index in [4.69, 9.17) is 20.8 Å². The maximum absolute atomic E-state index is 12.4. The Balaban J connectivity index is 1.63. The summed E-state index contributed by atoms with van der Waals surface area (Å²) in [5.41, 5.74) is 3.57. The van der Waals surface area contributed by atoms with Crippen LogP contribution < -0.4 is 10.4 Å². The van der Waals surface area contributed by atoms with E-state index in [0.717, 1.165) is 27.8 Å². The number of fused-ring (bicyclic) bond motifs is 3. The van der Waals surface area contributed by atoms with Gasteiger partial charge in [0.15, 0.2) is 0 Å². The fraction of sp³-hybridized carbons (Fsp3) is 0.130. The van der Waals surface area contributed by atoms with Crippen LogP contribution in [0.25, 0.3) is 22.1 Å². The molecule has 0 N–H and O–H groups in total. The van der Waals surface area contributed by atoms with Gasteiger partial charge in [-0.3, -0.25) is 9.88 Å². The number of aromatic nitrogens is 1. The van der Waals surface area contributed by atoms with Gasteiger partial charge in [0.25, 0.3) is 0 Å². The lowest BCUT2D eigenvalue weighted by Crippen LogP contribution is -2.32. The van der Waals surface area contributed by atoms with Crippen LogP contribution in [0, 0.1) is 0 Å². The minimum Gasteiger partial charge on any atom is -0.476 e. The second-order valence-corrected chi connectivity index (χ2v) is 7.38. The highest BCUT2D eigenvalue weighted by atomic mass is 35.5. The van der Waals surface area contributed by atoms with Crippen molar-refractivity contribution in [3.8, 4) is 16.9 Å². The van der Waals surface area contributed by atoms with Gasteiger partial charge in [0.05, 0.1) is 16.3 Å². The van der Waals surface area contributed by atoms with Crippen LogP contribution in [0.3, 0.4) is 0 Å². The normalized spacial score (nSPS) is 13.8. The van der Waals surface area contributed by atoms with Crippen molar-refractivity contribution >= 4 is 22.6 Å². The lowest BCUT2D eigenvalue weighted by Gasteiger charge is -2.29. The van der Waals surface area contributed by atoms with Gasteiger partial charge in [-0.15, -0.1) is 0 Å². The number of hydrogen-bond donors (Lipinski definition) is 0. The van der Waals surface area contributed by atoms with Gasteiger partial charge < -0.3 is 9.15 Å². The van der Waals surface area contributed by atoms with Crippen molar-refractivity contribution in [3.05, 3.63) is 93.6 Å². The molecule has 0 bridgehead atoms. The highest BCUT2D eigenvalue weighted by Crippen LogP contribution is 2.41. The minimum atomic E-state index is -0.400. The van der Waals surface area contributed by atoms with Crippen LogP contribution in [0.5, 0.6) is 5.75 Å². The Morgan fingerprint density at radius 3 is 2.69 bits per heavy atom. The molecule has 0 radical (unpaired) electrons. The van der Waals surface area contributed by atoms with Gasteiger partial charge >= 0.3 is 5.63 Å². The molecule has 5 nitrogen and oxygen atoms in total. The summed E-state index contributed by atoms with van der Waals surface area (Å²) in [6, 6.07) is 18.9. The zero-order valence-corrected chi connectivity index (χ0v) is 16.2. The van der Waals surface area contributed by atoms with Gasteiger partial charge in [0.2, 0.25) is 0 Å². The molecular weight excluding hydrogens is 388 g/mol. The standard InChI is InChI=1S/C23H17ClN2O3/c24-20-10-18-17(15-6-2-1-3-7-15)11-21(27)29-22(18)19-13-26(14-28-23(19)20)12-16-8-4-5-9-25-16/h1-11H,12-14H2. The second kappa shape index (κ2) is 7.35. The van der Waals surface area contributed by atoms with E-state index in [1.54, 1.807) is 6.20 Å². The fourth-order valence-electron chi connectivity index (χ4n) is 3.71. The van der Waals surface area contributed by atoms with Gasteiger partial charge in [-0.1, -0.05) is 48.0 Å². The van der Waals surface area contributed by atoms with E-state index in [1.807, 2.05) is 54.6 Å². The van der Waals surface area contributed by atoms with Crippen LogP contribution in [0.4, 0.5) is 0 Å². The second-order valence-electron chi connectivity index (χ2n) is 6.97. The molecule has 2 aromatic heterocycles. The summed E-state index contributed by atoms with van der Waals surface area (Å²) in [6.45, 7) is 1.55. The lowest BCUT2D eigenvalue weighted by atomic mass is 9.99. The number of ether oxygens (including phenoxy) is 1. The Labute approximate surface area is 172 Å². The molecule has 1 aliphatic rings. The molecule has 1 aliphatic heterocycles. The molecule has 5 rings (SSSR count). The van der Waals surface area contributed by atoms with Crippen molar-refractivity contribution in [2.45, 2.75) is 13.1 Å². The predicted octanol–water partition coefficient (Wildman–Crippen LogP) is 4.86. The molecule has 6 heteroatoms. The number of pyridine rings is 1. The van der Waals surface area contributed by atoms with Crippen LogP contribution in [0.15, 0.2) is 76.1 Å². The van der Waals surface area contributed by atoms with Gasteiger partial charge in [0.1, 0.15) is 18.1 Å². The summed E-state index contributed by atoms with van der Waals surface area (Å²) in [5.74, 6) is 0.574. The van der Waals surface area contributed by atoms with E-state index in [-0.39, 0.29) is 0 Å². The molecule has 3 heterocycles. The highest BCUT2D eigenvalue weighted by Gasteiger charge is 2.25. The Bertz CT molecular complexity index is 1240. The molecule has 0 unspecified atom stereocenters. The first-order valence-corrected chi connectivity index (χ1v) is 9.66. The minimum absolute atomic E-state index is 0.386. The van der Waals surface area contributed by atoms with Crippen LogP contribution in [-0.2, 0) is 13.1 Å². The smallest absolute Gasteiger partial charge is 0.336 e. The maximum atomic E-state index is 12.4. The Morgan fingerprint density at radius 1 is 1.07 bits per heavy atom. The average Bonchev–Trinajstić information content (AvgIpc) is 2.75. The van der Waals surface area contributed by atoms with Crippen molar-refractivity contribution in [1.82, 2.24) is 9.88 Å². The van der Waals surface area contributed by atoms with Crippen LogP contribution >= 0.6 is 11.6 Å². The summed E-state index contributed by atoms with van der Waals surface area (Å²) < 4.78 is 11.6. The zero-order valence-electron chi connectivity index (χ0n) is 15.5. The first-order valence-electron chi connectivity index (χ1n) is 9.29. The van der Waals surface area contributed by atoms with E-state index in [9.17, 15) is 4.79 Å². The SMILES string of the molecule is O=c1cc(-c2ccccc2)c2cc(Cl)c3c(c2o1)CN(Cc1ccccn1)CO3. The molecule has 0 atom stereocenters. The Kier molecular flexibility index (Phi) is 4.54. The quantitative estimate of drug-likeness (QED) is 0.456. The number of hydrogen-bond acceptors (Lipinski definition) is 5. The molecule has 0 saturated carbocycles. The van der Waals surface area contributed by atoms with Gasteiger partial charge in [0, 0.05) is 30.7 Å². The Morgan fingerprint density at radius 2 is 1.90 bits per heavy atom. The summed E-state index contributed by atoms with van der Waals surface area (Å²) in [4.78, 5) is 18.8. The lowest BCUT2D eigenvalue weighted by molar-refractivity contribution is 0.0879. The largest absolute Gasteiger partial charge is 0.476 e. The number of nitrogens with zero attached hydrogens (tertiary/aromatic N) is 2. The summed E-state index contributed by atoms with van der Waals surface area (Å²) in [5, 5.41) is 1.30. The summed E-state index contributed by atoms with van der Waals surface area (Å²) in [7, 11) is 0. The average molecular weight is 405 g/mol. The molecule has 0 fully saturated rings. The molecule has 144 valence electrons. The number of benzene rings is 2. The number of rotatable bonds is 3. The van der Waals surface area contributed by atoms with Crippen LogP contribution in [-0.4, -0.2) is 16.6 Å². The van der Waals surface area contributed by atoms with Crippen molar-refractivity contribution < 1.29 is 9.15 Å². The molecule has 2 aromatic carbocycles. The highest BCUT2D eigenvalue weighted by molar-refractivity contribution is 6.33. The van der Waals surface area contributed by atoms with Crippen molar-refractivity contribution in [2.75, 3.05) is 6.73 Å². The first kappa shape index (κ1) is 17.9. The third-order valence-electron chi connectivity index (χ3n) is 5.01. The molecule has 29 heavy (non-hydrogen) atoms. The van der Waals surface area contributed by atoms with Crippen molar-refractivity contribution in [1.29, 1.82) is 0 Å². The number of halogens is 1. The zero-order chi connectivity index (χ0) is 19.8. The van der Waals surface area contributed by atoms with E-state index < -0.39 is 5.63 Å². The summed E-state index contributed by atoms with van der Waals surface area (Å²) in [6.07, 6.45) is 1.77. The van der Waals surface area contributed by atoms with Crippen molar-refractivity contribution in [3.63, 3.8) is 0 Å². The topological polar surface area (TPSA) is 55.6 Å². The molecule has 4 aromatic rings. The van der Waals surface area contributed by atoms with E-state index in [2.05, 4.69) is 9.88 Å². The third kappa shape index (κ3) is 3.39. The predicted molar refractivity (Wildman–Crippen MR) is 112 cm³/mol.